The molecule has 1 aromatic heterocycles. The molecule has 0 spiro atoms. The van der Waals surface area contributed by atoms with E-state index in [-0.39, 0.29) is 17.2 Å². The average Bonchev–Trinajstić information content (AvgIpc) is 2.96. The lowest BCUT2D eigenvalue weighted by Crippen LogP contribution is -2.54. The number of hydrogen-bond donors (Lipinski definition) is 1. The molecule has 1 N–H and O–H groups in total. The van der Waals surface area contributed by atoms with Crippen LogP contribution in [-0.2, 0) is 21.3 Å². The third-order valence-corrected chi connectivity index (χ3v) is 6.03. The number of rotatable bonds is 4. The van der Waals surface area contributed by atoms with E-state index in [9.17, 15) is 8.42 Å². The Morgan fingerprint density at radius 2 is 2.14 bits per heavy atom. The molecule has 0 bridgehead atoms. The number of nitrogens with zero attached hydrogens (tertiary/aromatic N) is 1. The Morgan fingerprint density at radius 3 is 2.95 bits per heavy atom. The summed E-state index contributed by atoms with van der Waals surface area (Å²) >= 11 is 0. The summed E-state index contributed by atoms with van der Waals surface area (Å²) in [4.78, 5) is 0. The molecule has 0 amide bonds. The molecule has 2 unspecified atom stereocenters. The summed E-state index contributed by atoms with van der Waals surface area (Å²) in [5.74, 6) is 0.629. The fourth-order valence-electron chi connectivity index (χ4n) is 3.24. The van der Waals surface area contributed by atoms with Gasteiger partial charge in [0.1, 0.15) is 5.76 Å². The second-order valence-corrected chi connectivity index (χ2v) is 7.45. The molecule has 1 aliphatic carbocycles. The summed E-state index contributed by atoms with van der Waals surface area (Å²) in [6.45, 7) is 1.39. The van der Waals surface area contributed by atoms with Gasteiger partial charge in [0.2, 0.25) is 5.09 Å². The summed E-state index contributed by atoms with van der Waals surface area (Å²) in [6.07, 6.45) is 4.02. The predicted molar refractivity (Wildman–Crippen MR) is 77.4 cm³/mol. The van der Waals surface area contributed by atoms with Crippen LogP contribution in [0.15, 0.2) is 21.6 Å². The monoisotopic (exact) mass is 314 g/mol. The lowest BCUT2D eigenvalue weighted by Gasteiger charge is -2.42. The largest absolute Gasteiger partial charge is 0.447 e. The maximum absolute atomic E-state index is 12.8. The summed E-state index contributed by atoms with van der Waals surface area (Å²) in [5.41, 5.74) is 0. The zero-order chi connectivity index (χ0) is 14.9. The molecule has 2 aliphatic rings. The molecule has 2 fully saturated rings. The molecule has 1 aliphatic heterocycles. The van der Waals surface area contributed by atoms with Gasteiger partial charge in [-0.1, -0.05) is 12.8 Å². The molecule has 7 heteroatoms. The zero-order valence-corrected chi connectivity index (χ0v) is 13.1. The molecule has 3 rings (SSSR count). The van der Waals surface area contributed by atoms with E-state index in [4.69, 9.17) is 9.15 Å². The van der Waals surface area contributed by atoms with Crippen LogP contribution in [-0.4, -0.2) is 45.1 Å². The topological polar surface area (TPSA) is 71.8 Å². The number of sulfonamides is 1. The van der Waals surface area contributed by atoms with Crippen LogP contribution in [0.5, 0.6) is 0 Å². The van der Waals surface area contributed by atoms with Crippen molar-refractivity contribution in [1.29, 1.82) is 0 Å². The van der Waals surface area contributed by atoms with Crippen molar-refractivity contribution in [3.05, 3.63) is 17.9 Å². The van der Waals surface area contributed by atoms with Crippen molar-refractivity contribution in [3.63, 3.8) is 0 Å². The first-order chi connectivity index (χ1) is 10.1. The summed E-state index contributed by atoms with van der Waals surface area (Å²) in [6, 6.07) is 3.22. The van der Waals surface area contributed by atoms with E-state index >= 15 is 0 Å². The van der Waals surface area contributed by atoms with E-state index in [1.165, 1.54) is 0 Å². The highest BCUT2D eigenvalue weighted by atomic mass is 32.2. The highest BCUT2D eigenvalue weighted by molar-refractivity contribution is 7.89. The van der Waals surface area contributed by atoms with Crippen molar-refractivity contribution in [2.45, 2.75) is 49.5 Å². The molecule has 2 heterocycles. The zero-order valence-electron chi connectivity index (χ0n) is 12.2. The number of ether oxygens (including phenoxy) is 1. The lowest BCUT2D eigenvalue weighted by molar-refractivity contribution is -0.0589. The minimum absolute atomic E-state index is 0.0361. The number of morpholine rings is 1. The van der Waals surface area contributed by atoms with Gasteiger partial charge in [0, 0.05) is 6.54 Å². The van der Waals surface area contributed by atoms with Crippen molar-refractivity contribution in [2.24, 2.45) is 0 Å². The number of hydrogen-bond acceptors (Lipinski definition) is 5. The summed E-state index contributed by atoms with van der Waals surface area (Å²) in [7, 11) is -1.77. The van der Waals surface area contributed by atoms with Gasteiger partial charge in [-0.3, -0.25) is 0 Å². The van der Waals surface area contributed by atoms with Crippen LogP contribution in [0.3, 0.4) is 0 Å². The Balaban J connectivity index is 1.85. The van der Waals surface area contributed by atoms with Crippen molar-refractivity contribution < 1.29 is 17.6 Å². The van der Waals surface area contributed by atoms with E-state index in [0.29, 0.717) is 25.5 Å². The molecule has 1 aromatic rings. The predicted octanol–water partition coefficient (Wildman–Crippen LogP) is 1.33. The van der Waals surface area contributed by atoms with Crippen LogP contribution >= 0.6 is 0 Å². The third kappa shape index (κ3) is 2.88. The van der Waals surface area contributed by atoms with Crippen molar-refractivity contribution >= 4 is 10.0 Å². The molecular weight excluding hydrogens is 292 g/mol. The van der Waals surface area contributed by atoms with E-state index in [1.807, 2.05) is 0 Å². The molecule has 1 saturated carbocycles. The first-order valence-electron chi connectivity index (χ1n) is 7.49. The Kier molecular flexibility index (Phi) is 4.35. The van der Waals surface area contributed by atoms with E-state index in [1.54, 1.807) is 23.5 Å². The quantitative estimate of drug-likeness (QED) is 0.908. The van der Waals surface area contributed by atoms with Gasteiger partial charge in [-0.2, -0.15) is 4.31 Å². The van der Waals surface area contributed by atoms with Gasteiger partial charge in [-0.15, -0.1) is 0 Å². The first kappa shape index (κ1) is 15.0. The normalized spacial score (nSPS) is 27.5. The van der Waals surface area contributed by atoms with Crippen LogP contribution in [0.2, 0.25) is 0 Å². The average molecular weight is 314 g/mol. The van der Waals surface area contributed by atoms with Gasteiger partial charge >= 0.3 is 0 Å². The van der Waals surface area contributed by atoms with Crippen LogP contribution in [0.25, 0.3) is 0 Å². The van der Waals surface area contributed by atoms with Crippen LogP contribution in [0.1, 0.15) is 31.4 Å². The van der Waals surface area contributed by atoms with Gasteiger partial charge < -0.3 is 14.5 Å². The Bertz CT molecular complexity index is 582. The fraction of sp³-hybridized carbons (Fsp3) is 0.714. The number of nitrogens with one attached hydrogen (secondary N) is 1. The standard InChI is InChI=1S/C14H22N2O4S/c1-15-10-11-6-7-14(20-11)21(17,18)16-8-9-19-13-5-3-2-4-12(13)16/h6-7,12-13,15H,2-5,8-10H2,1H3. The van der Waals surface area contributed by atoms with E-state index < -0.39 is 10.0 Å². The molecule has 118 valence electrons. The molecule has 2 atom stereocenters. The van der Waals surface area contributed by atoms with Gasteiger partial charge in [0.05, 0.1) is 25.3 Å². The third-order valence-electron chi connectivity index (χ3n) is 4.23. The maximum Gasteiger partial charge on any atom is 0.276 e. The van der Waals surface area contributed by atoms with E-state index in [2.05, 4.69) is 5.32 Å². The van der Waals surface area contributed by atoms with Crippen molar-refractivity contribution in [1.82, 2.24) is 9.62 Å². The van der Waals surface area contributed by atoms with Gasteiger partial charge in [-0.05, 0) is 32.0 Å². The van der Waals surface area contributed by atoms with Crippen LogP contribution in [0.4, 0.5) is 0 Å². The molecule has 21 heavy (non-hydrogen) atoms. The van der Waals surface area contributed by atoms with Crippen molar-refractivity contribution in [2.75, 3.05) is 20.2 Å². The second kappa shape index (κ2) is 6.08. The van der Waals surface area contributed by atoms with Gasteiger partial charge in [-0.25, -0.2) is 8.42 Å². The maximum atomic E-state index is 12.8. The molecule has 0 radical (unpaired) electrons. The summed E-state index contributed by atoms with van der Waals surface area (Å²) < 4.78 is 38.4. The Hall–Kier alpha value is -0.890. The molecule has 0 aromatic carbocycles. The Labute approximate surface area is 125 Å². The first-order valence-corrected chi connectivity index (χ1v) is 8.93. The minimum Gasteiger partial charge on any atom is -0.447 e. The van der Waals surface area contributed by atoms with Crippen LogP contribution in [0, 0.1) is 0 Å². The molecule has 6 nitrogen and oxygen atoms in total. The fourth-order valence-corrected chi connectivity index (χ4v) is 4.84. The molecular formula is C14H22N2O4S. The summed E-state index contributed by atoms with van der Waals surface area (Å²) in [5, 5.41) is 2.99. The number of fused-ring (bicyclic) bond motifs is 1. The lowest BCUT2D eigenvalue weighted by atomic mass is 9.91. The smallest absolute Gasteiger partial charge is 0.276 e. The van der Waals surface area contributed by atoms with Gasteiger partial charge in [0.25, 0.3) is 10.0 Å². The Morgan fingerprint density at radius 1 is 1.33 bits per heavy atom. The number of furan rings is 1. The highest BCUT2D eigenvalue weighted by Crippen LogP contribution is 2.32. The van der Waals surface area contributed by atoms with Crippen molar-refractivity contribution in [3.8, 4) is 0 Å². The SMILES string of the molecule is CNCc1ccc(S(=O)(=O)N2CCOC3CCCCC32)o1. The van der Waals surface area contributed by atoms with Gasteiger partial charge in [0.15, 0.2) is 0 Å². The molecule has 1 saturated heterocycles. The van der Waals surface area contributed by atoms with Crippen LogP contribution < -0.4 is 5.32 Å². The van der Waals surface area contributed by atoms with E-state index in [0.717, 1.165) is 25.7 Å². The highest BCUT2D eigenvalue weighted by Gasteiger charge is 2.41. The second-order valence-electron chi connectivity index (χ2n) is 5.63. The minimum atomic E-state index is -3.57.